The summed E-state index contributed by atoms with van der Waals surface area (Å²) in [5.74, 6) is 2.07. The van der Waals surface area contributed by atoms with E-state index in [-0.39, 0.29) is 11.8 Å². The second-order valence-electron chi connectivity index (χ2n) is 8.15. The van der Waals surface area contributed by atoms with Gasteiger partial charge in [0, 0.05) is 26.6 Å². The number of carbonyl (C=O) groups is 1. The van der Waals surface area contributed by atoms with Crippen LogP contribution in [0.3, 0.4) is 0 Å². The Hall–Kier alpha value is -2.89. The lowest BCUT2D eigenvalue weighted by molar-refractivity contribution is 0.0686. The molecule has 4 rings (SSSR count). The minimum atomic E-state index is 0.0349. The van der Waals surface area contributed by atoms with E-state index in [1.807, 2.05) is 42.4 Å². The summed E-state index contributed by atoms with van der Waals surface area (Å²) in [5, 5.41) is 4.48. The number of amides is 1. The van der Waals surface area contributed by atoms with Crippen molar-refractivity contribution in [2.45, 2.75) is 44.9 Å². The van der Waals surface area contributed by atoms with E-state index in [1.54, 1.807) is 4.68 Å². The Balaban J connectivity index is 1.45. The van der Waals surface area contributed by atoms with Crippen molar-refractivity contribution in [3.63, 3.8) is 0 Å². The summed E-state index contributed by atoms with van der Waals surface area (Å²) in [7, 11) is 1.84. The first kappa shape index (κ1) is 19.4. The molecule has 0 aliphatic carbocycles. The van der Waals surface area contributed by atoms with Crippen LogP contribution in [0.2, 0.25) is 0 Å². The topological polar surface area (TPSA) is 64.2 Å². The summed E-state index contributed by atoms with van der Waals surface area (Å²) in [6.07, 6.45) is 4.48. The summed E-state index contributed by atoms with van der Waals surface area (Å²) in [6, 6.07) is 12.2. The highest BCUT2D eigenvalue weighted by atomic mass is 16.4. The number of nitrogens with zero attached hydrogens (tertiary/aromatic N) is 4. The average Bonchev–Trinajstić information content (AvgIpc) is 3.35. The van der Waals surface area contributed by atoms with Crippen LogP contribution in [-0.2, 0) is 13.5 Å². The van der Waals surface area contributed by atoms with Crippen LogP contribution in [0.1, 0.15) is 71.9 Å². The van der Waals surface area contributed by atoms with Crippen molar-refractivity contribution in [3.8, 4) is 0 Å². The summed E-state index contributed by atoms with van der Waals surface area (Å²) >= 11 is 0. The van der Waals surface area contributed by atoms with Crippen LogP contribution in [0.25, 0.3) is 0 Å². The van der Waals surface area contributed by atoms with Crippen molar-refractivity contribution >= 4 is 5.91 Å². The fraction of sp³-hybridized carbons (Fsp3) is 0.435. The largest absolute Gasteiger partial charge is 0.445 e. The van der Waals surface area contributed by atoms with E-state index in [0.29, 0.717) is 18.2 Å². The molecule has 2 aromatic heterocycles. The number of likely N-dealkylation sites (tertiary alicyclic amines) is 1. The molecule has 0 unspecified atom stereocenters. The Morgan fingerprint density at radius 1 is 1.28 bits per heavy atom. The molecular weight excluding hydrogens is 364 g/mol. The standard InChI is InChI=1S/C23H28N4O2/c1-16(2)20-13-21(26(3)25-20)23(28)27-11-7-10-18(15-27)22-24-14-19(29-22)12-17-8-5-4-6-9-17/h4-6,8-9,13-14,16,18H,7,10-12,15H2,1-3H3/t18-/m1/s1. The highest BCUT2D eigenvalue weighted by Gasteiger charge is 2.30. The van der Waals surface area contributed by atoms with Gasteiger partial charge in [-0.15, -0.1) is 0 Å². The zero-order valence-corrected chi connectivity index (χ0v) is 17.3. The minimum Gasteiger partial charge on any atom is -0.445 e. The summed E-state index contributed by atoms with van der Waals surface area (Å²) in [6.45, 7) is 5.56. The lowest BCUT2D eigenvalue weighted by atomic mass is 9.97. The molecule has 0 radical (unpaired) electrons. The van der Waals surface area contributed by atoms with E-state index >= 15 is 0 Å². The number of aryl methyl sites for hydroxylation is 1. The van der Waals surface area contributed by atoms with Crippen LogP contribution in [0, 0.1) is 0 Å². The van der Waals surface area contributed by atoms with E-state index in [2.05, 4.69) is 36.1 Å². The molecule has 3 aromatic rings. The van der Waals surface area contributed by atoms with Crippen molar-refractivity contribution < 1.29 is 9.21 Å². The Morgan fingerprint density at radius 2 is 2.07 bits per heavy atom. The van der Waals surface area contributed by atoms with E-state index in [9.17, 15) is 4.79 Å². The van der Waals surface area contributed by atoms with E-state index < -0.39 is 0 Å². The van der Waals surface area contributed by atoms with Crippen molar-refractivity contribution in [2.24, 2.45) is 7.05 Å². The average molecular weight is 393 g/mol. The molecule has 1 amide bonds. The van der Waals surface area contributed by atoms with Crippen LogP contribution < -0.4 is 0 Å². The molecule has 3 heterocycles. The van der Waals surface area contributed by atoms with Gasteiger partial charge in [-0.3, -0.25) is 9.48 Å². The Labute approximate surface area is 171 Å². The first-order chi connectivity index (χ1) is 14.0. The fourth-order valence-electron chi connectivity index (χ4n) is 3.89. The van der Waals surface area contributed by atoms with Gasteiger partial charge in [0.2, 0.25) is 0 Å². The molecule has 1 atom stereocenters. The van der Waals surface area contributed by atoms with Gasteiger partial charge in [-0.1, -0.05) is 44.2 Å². The van der Waals surface area contributed by atoms with Crippen LogP contribution in [0.15, 0.2) is 47.0 Å². The zero-order chi connectivity index (χ0) is 20.4. The highest BCUT2D eigenvalue weighted by molar-refractivity contribution is 5.92. The molecule has 0 bridgehead atoms. The first-order valence-electron chi connectivity index (χ1n) is 10.3. The van der Waals surface area contributed by atoms with Gasteiger partial charge in [-0.05, 0) is 30.4 Å². The molecule has 1 saturated heterocycles. The van der Waals surface area contributed by atoms with E-state index in [0.717, 1.165) is 43.2 Å². The zero-order valence-electron chi connectivity index (χ0n) is 17.3. The highest BCUT2D eigenvalue weighted by Crippen LogP contribution is 2.28. The fourth-order valence-corrected chi connectivity index (χ4v) is 3.89. The SMILES string of the molecule is CC(C)c1cc(C(=O)N2CCC[C@@H](c3ncc(Cc4ccccc4)o3)C2)n(C)n1. The smallest absolute Gasteiger partial charge is 0.272 e. The number of benzene rings is 1. The second kappa shape index (κ2) is 8.23. The van der Waals surface area contributed by atoms with Gasteiger partial charge in [0.1, 0.15) is 11.5 Å². The quantitative estimate of drug-likeness (QED) is 0.655. The molecule has 1 aromatic carbocycles. The lowest BCUT2D eigenvalue weighted by Crippen LogP contribution is -2.40. The van der Waals surface area contributed by atoms with Gasteiger partial charge in [0.05, 0.1) is 17.8 Å². The third-order valence-electron chi connectivity index (χ3n) is 5.56. The van der Waals surface area contributed by atoms with Gasteiger partial charge in [-0.2, -0.15) is 5.10 Å². The monoisotopic (exact) mass is 392 g/mol. The maximum atomic E-state index is 13.1. The Morgan fingerprint density at radius 3 is 2.79 bits per heavy atom. The van der Waals surface area contributed by atoms with E-state index in [1.165, 1.54) is 5.56 Å². The summed E-state index contributed by atoms with van der Waals surface area (Å²) in [4.78, 5) is 19.5. The first-order valence-corrected chi connectivity index (χ1v) is 10.3. The van der Waals surface area contributed by atoms with Gasteiger partial charge in [0.15, 0.2) is 5.89 Å². The summed E-state index contributed by atoms with van der Waals surface area (Å²) in [5.41, 5.74) is 2.79. The molecule has 152 valence electrons. The number of oxazole rings is 1. The van der Waals surface area contributed by atoms with Gasteiger partial charge in [-0.25, -0.2) is 4.98 Å². The molecule has 1 aliphatic heterocycles. The number of aromatic nitrogens is 3. The van der Waals surface area contributed by atoms with Crippen molar-refractivity contribution in [1.82, 2.24) is 19.7 Å². The van der Waals surface area contributed by atoms with Crippen molar-refractivity contribution in [1.29, 1.82) is 0 Å². The van der Waals surface area contributed by atoms with Gasteiger partial charge >= 0.3 is 0 Å². The molecule has 1 fully saturated rings. The maximum Gasteiger partial charge on any atom is 0.272 e. The predicted molar refractivity (Wildman–Crippen MR) is 111 cm³/mol. The third kappa shape index (κ3) is 4.26. The van der Waals surface area contributed by atoms with Gasteiger partial charge in [0.25, 0.3) is 5.91 Å². The van der Waals surface area contributed by atoms with Crippen molar-refractivity contribution in [2.75, 3.05) is 13.1 Å². The Bertz CT molecular complexity index is 974. The molecule has 6 nitrogen and oxygen atoms in total. The van der Waals surface area contributed by atoms with Crippen molar-refractivity contribution in [3.05, 3.63) is 71.2 Å². The molecule has 6 heteroatoms. The molecule has 0 N–H and O–H groups in total. The van der Waals surface area contributed by atoms with Crippen LogP contribution in [0.4, 0.5) is 0 Å². The molecule has 29 heavy (non-hydrogen) atoms. The minimum absolute atomic E-state index is 0.0349. The Kier molecular flexibility index (Phi) is 5.51. The van der Waals surface area contributed by atoms with Gasteiger partial charge < -0.3 is 9.32 Å². The lowest BCUT2D eigenvalue weighted by Gasteiger charge is -2.31. The van der Waals surface area contributed by atoms with E-state index in [4.69, 9.17) is 4.42 Å². The molecule has 1 aliphatic rings. The second-order valence-corrected chi connectivity index (χ2v) is 8.15. The van der Waals surface area contributed by atoms with Crippen LogP contribution >= 0.6 is 0 Å². The predicted octanol–water partition coefficient (Wildman–Crippen LogP) is 4.14. The number of hydrogen-bond acceptors (Lipinski definition) is 4. The third-order valence-corrected chi connectivity index (χ3v) is 5.56. The number of carbonyl (C=O) groups excluding carboxylic acids is 1. The van der Waals surface area contributed by atoms with Crippen LogP contribution in [0.5, 0.6) is 0 Å². The van der Waals surface area contributed by atoms with Crippen LogP contribution in [-0.4, -0.2) is 38.7 Å². The number of hydrogen-bond donors (Lipinski definition) is 0. The number of rotatable bonds is 5. The molecular formula is C23H28N4O2. The number of piperidine rings is 1. The molecule has 0 spiro atoms. The maximum absolute atomic E-state index is 13.1. The normalized spacial score (nSPS) is 17.1. The molecule has 0 saturated carbocycles. The summed E-state index contributed by atoms with van der Waals surface area (Å²) < 4.78 is 7.75.